The van der Waals surface area contributed by atoms with E-state index in [-0.39, 0.29) is 4.90 Å². The zero-order valence-electron chi connectivity index (χ0n) is 17.1. The van der Waals surface area contributed by atoms with E-state index >= 15 is 0 Å². The van der Waals surface area contributed by atoms with Crippen LogP contribution in [0, 0.1) is 0 Å². The van der Waals surface area contributed by atoms with Gasteiger partial charge in [0.1, 0.15) is 11.5 Å². The normalized spacial score (nSPS) is 18.7. The van der Waals surface area contributed by atoms with Gasteiger partial charge in [-0.15, -0.1) is 0 Å². The zero-order valence-corrected chi connectivity index (χ0v) is 17.9. The molecule has 0 radical (unpaired) electrons. The van der Waals surface area contributed by atoms with E-state index in [1.54, 1.807) is 24.3 Å². The second-order valence-corrected chi connectivity index (χ2v) is 10.1. The highest BCUT2D eigenvalue weighted by Gasteiger charge is 2.28. The average Bonchev–Trinajstić information content (AvgIpc) is 3.20. The number of nitrogens with zero attached hydrogens (tertiary/aromatic N) is 3. The minimum atomic E-state index is -3.56. The molecule has 1 aliphatic carbocycles. The highest BCUT2D eigenvalue weighted by Crippen LogP contribution is 2.28. The maximum atomic E-state index is 12.8. The van der Waals surface area contributed by atoms with Gasteiger partial charge in [-0.3, -0.25) is 0 Å². The third-order valence-electron chi connectivity index (χ3n) is 6.03. The van der Waals surface area contributed by atoms with Crippen LogP contribution in [0.2, 0.25) is 0 Å². The van der Waals surface area contributed by atoms with Crippen LogP contribution >= 0.6 is 0 Å². The van der Waals surface area contributed by atoms with Crippen LogP contribution in [-0.2, 0) is 10.0 Å². The minimum absolute atomic E-state index is 0.238. The van der Waals surface area contributed by atoms with Crippen molar-refractivity contribution in [1.29, 1.82) is 0 Å². The molecule has 10 heteroatoms. The number of H-pyrrole nitrogens is 1. The first-order valence-corrected chi connectivity index (χ1v) is 12.1. The highest BCUT2D eigenvalue weighted by molar-refractivity contribution is 7.89. The number of piperidine rings is 1. The van der Waals surface area contributed by atoms with Crippen molar-refractivity contribution >= 4 is 38.5 Å². The molecular formula is C21H26N6O3S. The predicted molar refractivity (Wildman–Crippen MR) is 119 cm³/mol. The number of fused-ring (bicyclic) bond motifs is 1. The van der Waals surface area contributed by atoms with Gasteiger partial charge in [-0.1, -0.05) is 0 Å². The van der Waals surface area contributed by atoms with E-state index in [2.05, 4.69) is 25.6 Å². The SMILES string of the molecule is O=S(=O)(c1ccc(Nc2nc(NC3CCC3)c3cc[nH]c3n2)cc1)N1CCC(O)CC1. The molecule has 0 amide bonds. The van der Waals surface area contributed by atoms with Crippen LogP contribution in [0.1, 0.15) is 32.1 Å². The van der Waals surface area contributed by atoms with Gasteiger partial charge in [-0.05, 0) is 62.4 Å². The Morgan fingerprint density at radius 1 is 1.03 bits per heavy atom. The summed E-state index contributed by atoms with van der Waals surface area (Å²) in [5, 5.41) is 17.2. The van der Waals surface area contributed by atoms with Crippen LogP contribution in [0.4, 0.5) is 17.5 Å². The third kappa shape index (κ3) is 4.10. The number of nitrogens with one attached hydrogen (secondary N) is 3. The number of aromatic amines is 1. The van der Waals surface area contributed by atoms with Crippen LogP contribution in [-0.4, -0.2) is 58.0 Å². The minimum Gasteiger partial charge on any atom is -0.393 e. The van der Waals surface area contributed by atoms with Gasteiger partial charge < -0.3 is 20.7 Å². The summed E-state index contributed by atoms with van der Waals surface area (Å²) in [5.41, 5.74) is 1.44. The zero-order chi connectivity index (χ0) is 21.4. The molecule has 0 bridgehead atoms. The van der Waals surface area contributed by atoms with Gasteiger partial charge in [0.25, 0.3) is 0 Å². The summed E-state index contributed by atoms with van der Waals surface area (Å²) in [7, 11) is -3.56. The van der Waals surface area contributed by atoms with Crippen LogP contribution in [0.3, 0.4) is 0 Å². The number of aliphatic hydroxyl groups excluding tert-OH is 1. The molecule has 31 heavy (non-hydrogen) atoms. The molecule has 1 aliphatic heterocycles. The van der Waals surface area contributed by atoms with Gasteiger partial charge in [0, 0.05) is 31.0 Å². The Morgan fingerprint density at radius 3 is 2.45 bits per heavy atom. The van der Waals surface area contributed by atoms with Crippen molar-refractivity contribution in [2.75, 3.05) is 23.7 Å². The monoisotopic (exact) mass is 442 g/mol. The molecule has 1 saturated heterocycles. The largest absolute Gasteiger partial charge is 0.393 e. The van der Waals surface area contributed by atoms with E-state index < -0.39 is 16.1 Å². The number of aliphatic hydroxyl groups is 1. The van der Waals surface area contributed by atoms with E-state index in [0.717, 1.165) is 29.7 Å². The van der Waals surface area contributed by atoms with E-state index in [1.165, 1.54) is 10.7 Å². The summed E-state index contributed by atoms with van der Waals surface area (Å²) in [6.45, 7) is 0.675. The number of sulfonamides is 1. The van der Waals surface area contributed by atoms with Crippen LogP contribution < -0.4 is 10.6 Å². The molecule has 0 spiro atoms. The first kappa shape index (κ1) is 20.2. The molecule has 1 aromatic carbocycles. The first-order chi connectivity index (χ1) is 15.0. The molecule has 0 atom stereocenters. The van der Waals surface area contributed by atoms with Crippen molar-refractivity contribution in [3.63, 3.8) is 0 Å². The van der Waals surface area contributed by atoms with E-state index in [1.807, 2.05) is 12.3 Å². The number of aromatic nitrogens is 3. The summed E-state index contributed by atoms with van der Waals surface area (Å²) in [6.07, 6.45) is 5.88. The molecule has 5 rings (SSSR count). The Balaban J connectivity index is 1.34. The number of hydrogen-bond donors (Lipinski definition) is 4. The van der Waals surface area contributed by atoms with Crippen molar-refractivity contribution in [2.24, 2.45) is 0 Å². The van der Waals surface area contributed by atoms with Crippen LogP contribution in [0.5, 0.6) is 0 Å². The smallest absolute Gasteiger partial charge is 0.243 e. The quantitative estimate of drug-likeness (QED) is 0.463. The maximum absolute atomic E-state index is 12.8. The molecule has 1 saturated carbocycles. The summed E-state index contributed by atoms with van der Waals surface area (Å²) in [4.78, 5) is 12.5. The van der Waals surface area contributed by atoms with Crippen LogP contribution in [0.15, 0.2) is 41.4 Å². The van der Waals surface area contributed by atoms with Gasteiger partial charge in [-0.2, -0.15) is 14.3 Å². The first-order valence-electron chi connectivity index (χ1n) is 10.7. The van der Waals surface area contributed by atoms with Gasteiger partial charge in [0.05, 0.1) is 16.4 Å². The molecule has 3 aromatic rings. The molecule has 2 aromatic heterocycles. The number of hydrogen-bond acceptors (Lipinski definition) is 7. The van der Waals surface area contributed by atoms with E-state index in [4.69, 9.17) is 0 Å². The summed E-state index contributed by atoms with van der Waals surface area (Å²) in [5.74, 6) is 1.24. The fourth-order valence-electron chi connectivity index (χ4n) is 3.92. The van der Waals surface area contributed by atoms with E-state index in [0.29, 0.717) is 43.6 Å². The lowest BCUT2D eigenvalue weighted by atomic mass is 9.93. The number of anilines is 3. The van der Waals surface area contributed by atoms with Crippen molar-refractivity contribution < 1.29 is 13.5 Å². The van der Waals surface area contributed by atoms with Crippen LogP contribution in [0.25, 0.3) is 11.0 Å². The molecule has 164 valence electrons. The average molecular weight is 443 g/mol. The van der Waals surface area contributed by atoms with Crippen molar-refractivity contribution in [3.8, 4) is 0 Å². The number of rotatable bonds is 6. The molecular weight excluding hydrogens is 416 g/mol. The summed E-state index contributed by atoms with van der Waals surface area (Å²) in [6, 6.07) is 9.01. The van der Waals surface area contributed by atoms with Gasteiger partial charge in [0.15, 0.2) is 0 Å². The summed E-state index contributed by atoms with van der Waals surface area (Å²) < 4.78 is 27.1. The Hall–Kier alpha value is -2.69. The Labute approximate surface area is 181 Å². The third-order valence-corrected chi connectivity index (χ3v) is 7.95. The van der Waals surface area contributed by atoms with Crippen molar-refractivity contribution in [2.45, 2.75) is 49.1 Å². The Kier molecular flexibility index (Phi) is 5.28. The second-order valence-electron chi connectivity index (χ2n) is 8.19. The fraction of sp³-hybridized carbons (Fsp3) is 0.429. The highest BCUT2D eigenvalue weighted by atomic mass is 32.2. The molecule has 3 heterocycles. The maximum Gasteiger partial charge on any atom is 0.243 e. The fourth-order valence-corrected chi connectivity index (χ4v) is 5.39. The van der Waals surface area contributed by atoms with E-state index in [9.17, 15) is 13.5 Å². The number of benzene rings is 1. The molecule has 2 fully saturated rings. The standard InChI is InChI=1S/C21H26N6O3S/c28-16-9-12-27(13-10-16)31(29,30)17-6-4-15(5-7-17)24-21-25-19-18(8-11-22-19)20(26-21)23-14-2-1-3-14/h4-8,11,14,16,28H,1-3,9-10,12-13H2,(H3,22,23,24,25,26). The second kappa shape index (κ2) is 8.10. The molecule has 0 unspecified atom stereocenters. The lowest BCUT2D eigenvalue weighted by Gasteiger charge is -2.28. The topological polar surface area (TPSA) is 123 Å². The lowest BCUT2D eigenvalue weighted by molar-refractivity contribution is 0.113. The Morgan fingerprint density at radius 2 is 1.77 bits per heavy atom. The predicted octanol–water partition coefficient (Wildman–Crippen LogP) is 2.81. The Bertz CT molecular complexity index is 1170. The van der Waals surface area contributed by atoms with Gasteiger partial charge in [0.2, 0.25) is 16.0 Å². The summed E-state index contributed by atoms with van der Waals surface area (Å²) >= 11 is 0. The van der Waals surface area contributed by atoms with Gasteiger partial charge >= 0.3 is 0 Å². The molecule has 4 N–H and O–H groups in total. The van der Waals surface area contributed by atoms with Gasteiger partial charge in [-0.25, -0.2) is 8.42 Å². The molecule has 2 aliphatic rings. The van der Waals surface area contributed by atoms with Crippen molar-refractivity contribution in [1.82, 2.24) is 19.3 Å². The van der Waals surface area contributed by atoms with Crippen molar-refractivity contribution in [3.05, 3.63) is 36.5 Å². The molecule has 9 nitrogen and oxygen atoms in total. The lowest BCUT2D eigenvalue weighted by Crippen LogP contribution is -2.39.